The van der Waals surface area contributed by atoms with Crippen molar-refractivity contribution in [3.8, 4) is 23.7 Å². The van der Waals surface area contributed by atoms with Crippen LogP contribution < -0.4 is 0 Å². The molecule has 1 aromatic rings. The molecule has 25 heavy (non-hydrogen) atoms. The zero-order chi connectivity index (χ0) is 18.8. The first-order valence-corrected chi connectivity index (χ1v) is 7.75. The van der Waals surface area contributed by atoms with Gasteiger partial charge < -0.3 is 15.3 Å². The van der Waals surface area contributed by atoms with E-state index in [2.05, 4.69) is 30.6 Å². The van der Waals surface area contributed by atoms with Crippen LogP contribution in [0, 0.1) is 23.7 Å². The third kappa shape index (κ3) is 6.04. The summed E-state index contributed by atoms with van der Waals surface area (Å²) < 4.78 is 0. The van der Waals surface area contributed by atoms with E-state index in [-0.39, 0.29) is 5.56 Å². The van der Waals surface area contributed by atoms with Crippen molar-refractivity contribution >= 4 is 17.9 Å². The molecular weight excluding hydrogens is 324 g/mol. The van der Waals surface area contributed by atoms with E-state index in [9.17, 15) is 14.4 Å². The number of benzene rings is 1. The van der Waals surface area contributed by atoms with Crippen molar-refractivity contribution in [1.82, 2.24) is 0 Å². The van der Waals surface area contributed by atoms with Crippen molar-refractivity contribution in [1.29, 1.82) is 0 Å². The number of carboxylic acids is 3. The zero-order valence-electron chi connectivity index (χ0n) is 13.8. The number of carboxylic acid groups (broad SMARTS) is 3. The summed E-state index contributed by atoms with van der Waals surface area (Å²) >= 11 is 0. The van der Waals surface area contributed by atoms with E-state index in [0.717, 1.165) is 37.8 Å². The molecule has 0 radical (unpaired) electrons. The Kier molecular flexibility index (Phi) is 7.75. The van der Waals surface area contributed by atoms with Crippen LogP contribution in [0.15, 0.2) is 12.1 Å². The van der Waals surface area contributed by atoms with Crippen molar-refractivity contribution < 1.29 is 29.7 Å². The van der Waals surface area contributed by atoms with Crippen LogP contribution in [0.25, 0.3) is 0 Å². The Bertz CT molecular complexity index is 764. The fraction of sp³-hybridized carbons (Fsp3) is 0.316. The molecule has 0 amide bonds. The maximum absolute atomic E-state index is 11.2. The normalized spacial score (nSPS) is 9.32. The zero-order valence-corrected chi connectivity index (χ0v) is 13.8. The first-order valence-electron chi connectivity index (χ1n) is 7.75. The van der Waals surface area contributed by atoms with E-state index in [4.69, 9.17) is 15.3 Å². The molecule has 0 unspecified atom stereocenters. The molecule has 0 saturated carbocycles. The van der Waals surface area contributed by atoms with Gasteiger partial charge in [0.05, 0.1) is 16.7 Å². The summed E-state index contributed by atoms with van der Waals surface area (Å²) in [6.45, 7) is 2.11. The fourth-order valence-electron chi connectivity index (χ4n) is 2.13. The van der Waals surface area contributed by atoms with Crippen molar-refractivity contribution in [3.05, 3.63) is 34.4 Å². The molecule has 0 aliphatic rings. The van der Waals surface area contributed by atoms with Crippen molar-refractivity contribution in [2.24, 2.45) is 0 Å². The molecule has 1 aromatic carbocycles. The minimum atomic E-state index is -1.62. The molecule has 0 bridgehead atoms. The van der Waals surface area contributed by atoms with Crippen LogP contribution >= 0.6 is 0 Å². The Labute approximate surface area is 145 Å². The standard InChI is InChI=1S/C19H18O6/c1-2-3-4-5-6-7-8-9-10-13-11-14(17(20)21)16(19(24)25)15(12-13)18(22)23/h11-12H,2-6H2,1H3,(H,20,21)(H,22,23)(H,24,25). The lowest BCUT2D eigenvalue weighted by Crippen LogP contribution is -2.15. The Morgan fingerprint density at radius 1 is 0.880 bits per heavy atom. The molecule has 130 valence electrons. The summed E-state index contributed by atoms with van der Waals surface area (Å²) in [5.74, 6) is 5.88. The highest BCUT2D eigenvalue weighted by atomic mass is 16.4. The topological polar surface area (TPSA) is 112 Å². The number of carbonyl (C=O) groups is 3. The van der Waals surface area contributed by atoms with Crippen molar-refractivity contribution in [2.45, 2.75) is 39.0 Å². The number of rotatable bonds is 7. The lowest BCUT2D eigenvalue weighted by Gasteiger charge is -2.06. The highest BCUT2D eigenvalue weighted by Gasteiger charge is 2.24. The van der Waals surface area contributed by atoms with Crippen LogP contribution in [0.5, 0.6) is 0 Å². The van der Waals surface area contributed by atoms with Crippen LogP contribution in [-0.4, -0.2) is 33.2 Å². The third-order valence-corrected chi connectivity index (χ3v) is 3.33. The minimum absolute atomic E-state index is 0.0834. The van der Waals surface area contributed by atoms with E-state index in [1.165, 1.54) is 0 Å². The molecule has 0 fully saturated rings. The van der Waals surface area contributed by atoms with Gasteiger partial charge in [0.1, 0.15) is 0 Å². The molecule has 0 aliphatic heterocycles. The molecule has 3 N–H and O–H groups in total. The van der Waals surface area contributed by atoms with Gasteiger partial charge in [0, 0.05) is 12.0 Å². The quantitative estimate of drug-likeness (QED) is 0.518. The third-order valence-electron chi connectivity index (χ3n) is 3.33. The van der Waals surface area contributed by atoms with Crippen molar-refractivity contribution in [3.63, 3.8) is 0 Å². The van der Waals surface area contributed by atoms with Crippen LogP contribution in [0.4, 0.5) is 0 Å². The van der Waals surface area contributed by atoms with Crippen LogP contribution in [0.1, 0.15) is 75.7 Å². The molecule has 0 saturated heterocycles. The molecule has 0 heterocycles. The van der Waals surface area contributed by atoms with Gasteiger partial charge in [0.2, 0.25) is 0 Å². The predicted molar refractivity (Wildman–Crippen MR) is 90.7 cm³/mol. The Hall–Kier alpha value is -3.25. The first kappa shape index (κ1) is 19.8. The summed E-state index contributed by atoms with van der Waals surface area (Å²) in [5.41, 5.74) is -1.93. The van der Waals surface area contributed by atoms with Gasteiger partial charge in [-0.05, 0) is 30.4 Å². The highest BCUT2D eigenvalue weighted by molar-refractivity contribution is 6.09. The van der Waals surface area contributed by atoms with E-state index in [1.807, 2.05) is 0 Å². The Balaban J connectivity index is 3.09. The van der Waals surface area contributed by atoms with Crippen molar-refractivity contribution in [2.75, 3.05) is 0 Å². The molecule has 1 rings (SSSR count). The molecule has 0 aromatic heterocycles. The molecule has 6 nitrogen and oxygen atoms in total. The molecule has 0 atom stereocenters. The summed E-state index contributed by atoms with van der Waals surface area (Å²) in [7, 11) is 0. The summed E-state index contributed by atoms with van der Waals surface area (Å²) in [5, 5.41) is 27.3. The number of hydrogen-bond acceptors (Lipinski definition) is 3. The lowest BCUT2D eigenvalue weighted by atomic mass is 9.97. The van der Waals surface area contributed by atoms with E-state index in [1.54, 1.807) is 0 Å². The van der Waals surface area contributed by atoms with Gasteiger partial charge >= 0.3 is 17.9 Å². The van der Waals surface area contributed by atoms with Crippen LogP contribution in [-0.2, 0) is 0 Å². The Morgan fingerprint density at radius 3 is 1.96 bits per heavy atom. The lowest BCUT2D eigenvalue weighted by molar-refractivity contribution is 0.0633. The minimum Gasteiger partial charge on any atom is -0.478 e. The fourth-order valence-corrected chi connectivity index (χ4v) is 2.13. The second kappa shape index (κ2) is 9.79. The molecular formula is C19H18O6. The molecule has 0 spiro atoms. The highest BCUT2D eigenvalue weighted by Crippen LogP contribution is 2.18. The second-order valence-electron chi connectivity index (χ2n) is 5.22. The van der Waals surface area contributed by atoms with E-state index >= 15 is 0 Å². The van der Waals surface area contributed by atoms with Crippen LogP contribution in [0.2, 0.25) is 0 Å². The van der Waals surface area contributed by atoms with Crippen LogP contribution in [0.3, 0.4) is 0 Å². The summed E-state index contributed by atoms with van der Waals surface area (Å²) in [6, 6.07) is 2.07. The number of hydrogen-bond donors (Lipinski definition) is 3. The molecule has 6 heteroatoms. The second-order valence-corrected chi connectivity index (χ2v) is 5.22. The van der Waals surface area contributed by atoms with E-state index < -0.39 is 34.6 Å². The smallest absolute Gasteiger partial charge is 0.337 e. The van der Waals surface area contributed by atoms with Gasteiger partial charge in [0.25, 0.3) is 0 Å². The van der Waals surface area contributed by atoms with Gasteiger partial charge in [-0.15, -0.1) is 0 Å². The summed E-state index contributed by atoms with van der Waals surface area (Å²) in [6.07, 6.45) is 5.06. The molecule has 0 aliphatic carbocycles. The van der Waals surface area contributed by atoms with Gasteiger partial charge in [-0.1, -0.05) is 38.0 Å². The number of aromatic carboxylic acids is 3. The van der Waals surface area contributed by atoms with E-state index in [0.29, 0.717) is 6.42 Å². The predicted octanol–water partition coefficient (Wildman–Crippen LogP) is 3.11. The number of unbranched alkanes of at least 4 members (excludes halogenated alkanes) is 4. The average Bonchev–Trinajstić information content (AvgIpc) is 2.56. The average molecular weight is 342 g/mol. The van der Waals surface area contributed by atoms with Gasteiger partial charge in [-0.2, -0.15) is 0 Å². The Morgan fingerprint density at radius 2 is 1.48 bits per heavy atom. The largest absolute Gasteiger partial charge is 0.478 e. The monoisotopic (exact) mass is 342 g/mol. The summed E-state index contributed by atoms with van der Waals surface area (Å²) in [4.78, 5) is 33.6. The SMILES string of the molecule is CCCCCCC#CC#Cc1cc(C(=O)O)c(C(=O)O)c(C(=O)O)c1. The van der Waals surface area contributed by atoms with Gasteiger partial charge in [0.15, 0.2) is 0 Å². The maximum Gasteiger partial charge on any atom is 0.337 e. The maximum atomic E-state index is 11.2. The van der Waals surface area contributed by atoms with Gasteiger partial charge in [-0.25, -0.2) is 14.4 Å². The van der Waals surface area contributed by atoms with Gasteiger partial charge in [-0.3, -0.25) is 0 Å². The first-order chi connectivity index (χ1) is 11.9.